The molecule has 0 saturated carbocycles. The molecule has 0 radical (unpaired) electrons. The predicted octanol–water partition coefficient (Wildman–Crippen LogP) is 0.689. The Kier molecular flexibility index (Phi) is 2.90. The summed E-state index contributed by atoms with van der Waals surface area (Å²) in [6.07, 6.45) is 3.21. The SMILES string of the molecule is NC(=O)c1cc(N2CCCC2)ncc1[N+](=O)[O-]. The minimum absolute atomic E-state index is 0.0908. The smallest absolute Gasteiger partial charge is 0.300 e. The van der Waals surface area contributed by atoms with Crippen LogP contribution in [0.5, 0.6) is 0 Å². The molecular weight excluding hydrogens is 224 g/mol. The minimum Gasteiger partial charge on any atom is -0.365 e. The van der Waals surface area contributed by atoms with Gasteiger partial charge in [0.2, 0.25) is 0 Å². The topological polar surface area (TPSA) is 102 Å². The predicted molar refractivity (Wildman–Crippen MR) is 60.9 cm³/mol. The van der Waals surface area contributed by atoms with Crippen molar-refractivity contribution in [2.45, 2.75) is 12.8 Å². The molecule has 0 unspecified atom stereocenters. The fourth-order valence-electron chi connectivity index (χ4n) is 1.90. The Bertz CT molecular complexity index is 469. The van der Waals surface area contributed by atoms with Crippen LogP contribution >= 0.6 is 0 Å². The second-order valence-corrected chi connectivity index (χ2v) is 3.88. The number of rotatable bonds is 3. The first-order chi connectivity index (χ1) is 8.09. The second-order valence-electron chi connectivity index (χ2n) is 3.88. The van der Waals surface area contributed by atoms with Crippen molar-refractivity contribution in [2.75, 3.05) is 18.0 Å². The molecule has 0 aliphatic carbocycles. The first-order valence-electron chi connectivity index (χ1n) is 5.29. The van der Waals surface area contributed by atoms with Crippen molar-refractivity contribution in [3.8, 4) is 0 Å². The summed E-state index contributed by atoms with van der Waals surface area (Å²) in [6, 6.07) is 1.39. The molecule has 0 bridgehead atoms. The zero-order chi connectivity index (χ0) is 12.4. The van der Waals surface area contributed by atoms with Crippen LogP contribution in [0.15, 0.2) is 12.3 Å². The third kappa shape index (κ3) is 2.17. The van der Waals surface area contributed by atoms with Gasteiger partial charge in [0.25, 0.3) is 11.6 Å². The third-order valence-electron chi connectivity index (χ3n) is 2.76. The van der Waals surface area contributed by atoms with Crippen LogP contribution in [0.25, 0.3) is 0 Å². The lowest BCUT2D eigenvalue weighted by atomic mass is 10.2. The molecule has 1 saturated heterocycles. The fraction of sp³-hybridized carbons (Fsp3) is 0.400. The number of hydrogen-bond donors (Lipinski definition) is 1. The Morgan fingerprint density at radius 2 is 2.12 bits per heavy atom. The van der Waals surface area contributed by atoms with Crippen LogP contribution < -0.4 is 10.6 Å². The molecule has 0 spiro atoms. The van der Waals surface area contributed by atoms with Crippen molar-refractivity contribution in [1.82, 2.24) is 4.98 Å². The van der Waals surface area contributed by atoms with E-state index >= 15 is 0 Å². The highest BCUT2D eigenvalue weighted by atomic mass is 16.6. The maximum atomic E-state index is 11.2. The molecule has 2 N–H and O–H groups in total. The molecule has 0 atom stereocenters. The van der Waals surface area contributed by atoms with Gasteiger partial charge in [0.1, 0.15) is 17.6 Å². The van der Waals surface area contributed by atoms with Crippen LogP contribution in [-0.2, 0) is 0 Å². The van der Waals surface area contributed by atoms with Gasteiger partial charge in [-0.3, -0.25) is 14.9 Å². The summed E-state index contributed by atoms with van der Waals surface area (Å²) in [5.41, 5.74) is 4.69. The maximum Gasteiger partial charge on any atom is 0.300 e. The molecule has 1 aliphatic rings. The van der Waals surface area contributed by atoms with E-state index in [4.69, 9.17) is 5.73 Å². The number of nitrogens with two attached hydrogens (primary N) is 1. The van der Waals surface area contributed by atoms with E-state index in [2.05, 4.69) is 4.98 Å². The van der Waals surface area contributed by atoms with Gasteiger partial charge in [0, 0.05) is 19.2 Å². The zero-order valence-corrected chi connectivity index (χ0v) is 9.13. The number of amides is 1. The molecule has 1 aromatic rings. The standard InChI is InChI=1S/C10H12N4O3/c11-10(15)7-5-9(13-3-1-2-4-13)12-6-8(7)14(16)17/h5-6H,1-4H2,(H2,11,15). The molecule has 2 heterocycles. The van der Waals surface area contributed by atoms with Gasteiger partial charge in [-0.1, -0.05) is 0 Å². The molecule has 7 nitrogen and oxygen atoms in total. The van der Waals surface area contributed by atoms with E-state index in [0.717, 1.165) is 32.1 Å². The van der Waals surface area contributed by atoms with Crippen molar-refractivity contribution in [1.29, 1.82) is 0 Å². The summed E-state index contributed by atoms with van der Waals surface area (Å²) < 4.78 is 0. The third-order valence-corrected chi connectivity index (χ3v) is 2.76. The first kappa shape index (κ1) is 11.3. The lowest BCUT2D eigenvalue weighted by molar-refractivity contribution is -0.385. The van der Waals surface area contributed by atoms with E-state index in [-0.39, 0.29) is 11.3 Å². The number of carbonyl (C=O) groups excluding carboxylic acids is 1. The molecule has 17 heavy (non-hydrogen) atoms. The number of aromatic nitrogens is 1. The Morgan fingerprint density at radius 1 is 1.47 bits per heavy atom. The summed E-state index contributed by atoms with van der Waals surface area (Å²) in [5.74, 6) is -0.235. The molecule has 90 valence electrons. The fourth-order valence-corrected chi connectivity index (χ4v) is 1.90. The molecule has 2 rings (SSSR count). The van der Waals surface area contributed by atoms with Crippen molar-refractivity contribution >= 4 is 17.4 Å². The largest absolute Gasteiger partial charge is 0.365 e. The summed E-state index contributed by atoms with van der Waals surface area (Å²) in [7, 11) is 0. The quantitative estimate of drug-likeness (QED) is 0.614. The zero-order valence-electron chi connectivity index (χ0n) is 9.13. The van der Waals surface area contributed by atoms with E-state index in [9.17, 15) is 14.9 Å². The van der Waals surface area contributed by atoms with Crippen molar-refractivity contribution in [2.24, 2.45) is 5.73 Å². The number of primary amides is 1. The normalized spacial score (nSPS) is 14.9. The number of nitro groups is 1. The van der Waals surface area contributed by atoms with Crippen LogP contribution in [0.1, 0.15) is 23.2 Å². The lowest BCUT2D eigenvalue weighted by Crippen LogP contribution is -2.21. The Hall–Kier alpha value is -2.18. The Morgan fingerprint density at radius 3 is 2.65 bits per heavy atom. The van der Waals surface area contributed by atoms with Gasteiger partial charge < -0.3 is 10.6 Å². The van der Waals surface area contributed by atoms with Crippen LogP contribution in [0.4, 0.5) is 11.5 Å². The molecule has 0 aromatic carbocycles. The van der Waals surface area contributed by atoms with Crippen LogP contribution in [-0.4, -0.2) is 28.9 Å². The van der Waals surface area contributed by atoms with Gasteiger partial charge >= 0.3 is 0 Å². The van der Waals surface area contributed by atoms with Crippen LogP contribution in [0.2, 0.25) is 0 Å². The highest BCUT2D eigenvalue weighted by molar-refractivity contribution is 5.97. The average molecular weight is 236 g/mol. The molecule has 1 aromatic heterocycles. The van der Waals surface area contributed by atoms with Gasteiger partial charge in [0.15, 0.2) is 0 Å². The maximum absolute atomic E-state index is 11.2. The van der Waals surface area contributed by atoms with E-state index < -0.39 is 10.8 Å². The molecule has 1 aliphatic heterocycles. The van der Waals surface area contributed by atoms with Crippen molar-refractivity contribution < 1.29 is 9.72 Å². The van der Waals surface area contributed by atoms with Gasteiger partial charge in [-0.05, 0) is 12.8 Å². The highest BCUT2D eigenvalue weighted by Gasteiger charge is 2.22. The Labute approximate surface area is 97.4 Å². The molecule has 1 fully saturated rings. The van der Waals surface area contributed by atoms with E-state index in [0.29, 0.717) is 5.82 Å². The van der Waals surface area contributed by atoms with Gasteiger partial charge in [0.05, 0.1) is 4.92 Å². The Balaban J connectivity index is 2.41. The van der Waals surface area contributed by atoms with Gasteiger partial charge in [-0.2, -0.15) is 0 Å². The number of pyridine rings is 1. The molecule has 1 amide bonds. The summed E-state index contributed by atoms with van der Waals surface area (Å²) in [4.78, 5) is 27.2. The van der Waals surface area contributed by atoms with E-state index in [1.165, 1.54) is 6.07 Å². The minimum atomic E-state index is -0.806. The van der Waals surface area contributed by atoms with Crippen molar-refractivity contribution in [3.63, 3.8) is 0 Å². The van der Waals surface area contributed by atoms with Gasteiger partial charge in [-0.25, -0.2) is 4.98 Å². The number of anilines is 1. The monoisotopic (exact) mass is 236 g/mol. The second kappa shape index (κ2) is 4.36. The van der Waals surface area contributed by atoms with E-state index in [1.807, 2.05) is 4.90 Å². The number of hydrogen-bond acceptors (Lipinski definition) is 5. The van der Waals surface area contributed by atoms with Crippen molar-refractivity contribution in [3.05, 3.63) is 27.9 Å². The van der Waals surface area contributed by atoms with Gasteiger partial charge in [-0.15, -0.1) is 0 Å². The summed E-state index contributed by atoms with van der Waals surface area (Å²) >= 11 is 0. The molecule has 7 heteroatoms. The number of carbonyl (C=O) groups is 1. The lowest BCUT2D eigenvalue weighted by Gasteiger charge is -2.16. The van der Waals surface area contributed by atoms with Crippen LogP contribution in [0.3, 0.4) is 0 Å². The summed E-state index contributed by atoms with van der Waals surface area (Å²) in [5, 5.41) is 10.7. The molecular formula is C10H12N4O3. The van der Waals surface area contributed by atoms with Crippen LogP contribution in [0, 0.1) is 10.1 Å². The number of nitrogens with zero attached hydrogens (tertiary/aromatic N) is 3. The van der Waals surface area contributed by atoms with E-state index in [1.54, 1.807) is 0 Å². The first-order valence-corrected chi connectivity index (χ1v) is 5.29. The average Bonchev–Trinajstić information content (AvgIpc) is 2.81. The highest BCUT2D eigenvalue weighted by Crippen LogP contribution is 2.24. The summed E-state index contributed by atoms with van der Waals surface area (Å²) in [6.45, 7) is 1.70.